The molecule has 98 valence electrons. The Morgan fingerprint density at radius 2 is 1.50 bits per heavy atom. The fraction of sp³-hybridized carbons (Fsp3) is 0.0526. The zero-order chi connectivity index (χ0) is 13.6. The standard InChI is InChI=1S/C19H16Se/c1-2-7-16(8-3-1)9-6-14-20-19-13-12-17-10-4-5-11-18(17)15-19/h1-13,15H,14H2/b9-6+. The summed E-state index contributed by atoms with van der Waals surface area (Å²) in [6.45, 7) is 0. The third-order valence-electron chi connectivity index (χ3n) is 3.18. The molecule has 0 radical (unpaired) electrons. The topological polar surface area (TPSA) is 0 Å². The number of fused-ring (bicyclic) bond motifs is 1. The number of rotatable bonds is 4. The number of hydrogen-bond donors (Lipinski definition) is 0. The maximum absolute atomic E-state index is 2.33. The number of hydrogen-bond acceptors (Lipinski definition) is 0. The van der Waals surface area contributed by atoms with E-state index in [0.29, 0.717) is 15.0 Å². The van der Waals surface area contributed by atoms with Crippen molar-refractivity contribution in [3.05, 3.63) is 84.4 Å². The Hall–Kier alpha value is -1.82. The van der Waals surface area contributed by atoms with Gasteiger partial charge in [-0.3, -0.25) is 0 Å². The first-order valence-corrected chi connectivity index (χ1v) is 8.82. The van der Waals surface area contributed by atoms with E-state index in [4.69, 9.17) is 0 Å². The zero-order valence-corrected chi connectivity index (χ0v) is 12.9. The van der Waals surface area contributed by atoms with E-state index in [9.17, 15) is 0 Å². The van der Waals surface area contributed by atoms with Crippen molar-refractivity contribution in [2.24, 2.45) is 0 Å². The molecule has 0 aliphatic heterocycles. The van der Waals surface area contributed by atoms with E-state index in [1.165, 1.54) is 20.8 Å². The summed E-state index contributed by atoms with van der Waals surface area (Å²) < 4.78 is 1.47. The van der Waals surface area contributed by atoms with Crippen molar-refractivity contribution in [1.29, 1.82) is 0 Å². The van der Waals surface area contributed by atoms with Crippen LogP contribution >= 0.6 is 0 Å². The second-order valence-corrected chi connectivity index (χ2v) is 6.93. The summed E-state index contributed by atoms with van der Waals surface area (Å²) in [5.74, 6) is 0. The predicted octanol–water partition coefficient (Wildman–Crippen LogP) is 4.30. The van der Waals surface area contributed by atoms with Gasteiger partial charge in [0.2, 0.25) is 0 Å². The molecule has 0 heterocycles. The second-order valence-electron chi connectivity index (χ2n) is 4.63. The summed E-state index contributed by atoms with van der Waals surface area (Å²) in [6.07, 6.45) is 4.49. The summed E-state index contributed by atoms with van der Waals surface area (Å²) in [6, 6.07) is 25.9. The van der Waals surface area contributed by atoms with Gasteiger partial charge in [-0.05, 0) is 0 Å². The summed E-state index contributed by atoms with van der Waals surface area (Å²) in [5, 5.41) is 3.81. The predicted molar refractivity (Wildman–Crippen MR) is 89.6 cm³/mol. The van der Waals surface area contributed by atoms with Gasteiger partial charge in [0.25, 0.3) is 0 Å². The first-order valence-electron chi connectivity index (χ1n) is 6.75. The summed E-state index contributed by atoms with van der Waals surface area (Å²) >= 11 is 0.509. The Labute approximate surface area is 126 Å². The zero-order valence-electron chi connectivity index (χ0n) is 11.2. The molecule has 0 aliphatic carbocycles. The molecule has 3 aromatic carbocycles. The molecule has 0 bridgehead atoms. The fourth-order valence-electron chi connectivity index (χ4n) is 2.15. The van der Waals surface area contributed by atoms with E-state index < -0.39 is 0 Å². The first-order chi connectivity index (χ1) is 9.92. The number of allylic oxidation sites excluding steroid dienone is 1. The van der Waals surface area contributed by atoms with Gasteiger partial charge in [0.05, 0.1) is 0 Å². The van der Waals surface area contributed by atoms with Gasteiger partial charge < -0.3 is 0 Å². The van der Waals surface area contributed by atoms with E-state index >= 15 is 0 Å². The molecule has 20 heavy (non-hydrogen) atoms. The Bertz CT molecular complexity index is 714. The van der Waals surface area contributed by atoms with E-state index in [1.807, 2.05) is 0 Å². The monoisotopic (exact) mass is 324 g/mol. The van der Waals surface area contributed by atoms with Crippen LogP contribution in [0.5, 0.6) is 0 Å². The molecule has 0 amide bonds. The molecule has 0 saturated carbocycles. The molecule has 0 unspecified atom stereocenters. The van der Waals surface area contributed by atoms with E-state index in [-0.39, 0.29) is 0 Å². The molecule has 3 aromatic rings. The Kier molecular flexibility index (Phi) is 4.32. The van der Waals surface area contributed by atoms with Crippen LogP contribution in [-0.2, 0) is 0 Å². The fourth-order valence-corrected chi connectivity index (χ4v) is 3.74. The average Bonchev–Trinajstić information content (AvgIpc) is 2.52. The van der Waals surface area contributed by atoms with Crippen LogP contribution in [0.1, 0.15) is 5.56 Å². The van der Waals surface area contributed by atoms with Crippen molar-refractivity contribution in [2.75, 3.05) is 0 Å². The molecule has 0 aliphatic rings. The molecule has 0 aromatic heterocycles. The molecule has 0 atom stereocenters. The minimum atomic E-state index is 0.509. The minimum absolute atomic E-state index is 0.509. The summed E-state index contributed by atoms with van der Waals surface area (Å²) in [7, 11) is 0. The Morgan fingerprint density at radius 1 is 0.750 bits per heavy atom. The molecule has 0 fully saturated rings. The van der Waals surface area contributed by atoms with Gasteiger partial charge in [0.15, 0.2) is 0 Å². The SMILES string of the molecule is C(=C\c1ccccc1)/C[Se]c1ccc2ccccc2c1. The molecule has 0 spiro atoms. The average molecular weight is 323 g/mol. The third-order valence-corrected chi connectivity index (χ3v) is 5.16. The molecule has 0 saturated heterocycles. The van der Waals surface area contributed by atoms with Crippen LogP contribution < -0.4 is 4.46 Å². The van der Waals surface area contributed by atoms with Crippen molar-refractivity contribution in [1.82, 2.24) is 0 Å². The molecule has 0 nitrogen and oxygen atoms in total. The van der Waals surface area contributed by atoms with Crippen molar-refractivity contribution in [3.63, 3.8) is 0 Å². The van der Waals surface area contributed by atoms with Crippen LogP contribution in [0.4, 0.5) is 0 Å². The molecular formula is C19H16Se. The van der Waals surface area contributed by atoms with Crippen LogP contribution in [0.25, 0.3) is 16.8 Å². The van der Waals surface area contributed by atoms with Gasteiger partial charge in [-0.1, -0.05) is 0 Å². The van der Waals surface area contributed by atoms with Gasteiger partial charge in [-0.15, -0.1) is 0 Å². The van der Waals surface area contributed by atoms with Crippen molar-refractivity contribution in [2.45, 2.75) is 5.32 Å². The molecular weight excluding hydrogens is 307 g/mol. The van der Waals surface area contributed by atoms with Gasteiger partial charge >= 0.3 is 126 Å². The van der Waals surface area contributed by atoms with E-state index in [1.54, 1.807) is 0 Å². The van der Waals surface area contributed by atoms with Crippen LogP contribution in [0.3, 0.4) is 0 Å². The van der Waals surface area contributed by atoms with E-state index in [2.05, 4.69) is 84.9 Å². The van der Waals surface area contributed by atoms with Crippen LogP contribution in [0.2, 0.25) is 5.32 Å². The summed E-state index contributed by atoms with van der Waals surface area (Å²) in [4.78, 5) is 0. The van der Waals surface area contributed by atoms with Gasteiger partial charge in [0, 0.05) is 0 Å². The first kappa shape index (κ1) is 13.2. The molecule has 1 heteroatoms. The van der Waals surface area contributed by atoms with Crippen molar-refractivity contribution >= 4 is 36.3 Å². The van der Waals surface area contributed by atoms with Gasteiger partial charge in [0.1, 0.15) is 0 Å². The van der Waals surface area contributed by atoms with Crippen LogP contribution in [-0.4, -0.2) is 15.0 Å². The second kappa shape index (κ2) is 6.56. The quantitative estimate of drug-likeness (QED) is 0.628. The Morgan fingerprint density at radius 3 is 2.35 bits per heavy atom. The number of benzene rings is 3. The van der Waals surface area contributed by atoms with Crippen LogP contribution in [0.15, 0.2) is 78.9 Å². The van der Waals surface area contributed by atoms with Crippen molar-refractivity contribution < 1.29 is 0 Å². The maximum atomic E-state index is 2.33. The van der Waals surface area contributed by atoms with Gasteiger partial charge in [-0.2, -0.15) is 0 Å². The molecule has 0 N–H and O–H groups in total. The summed E-state index contributed by atoms with van der Waals surface area (Å²) in [5.41, 5.74) is 1.28. The molecule has 3 rings (SSSR count). The van der Waals surface area contributed by atoms with E-state index in [0.717, 1.165) is 5.32 Å². The Balaban J connectivity index is 1.64. The van der Waals surface area contributed by atoms with Crippen LogP contribution in [0, 0.1) is 0 Å². The normalized spacial score (nSPS) is 11.2. The van der Waals surface area contributed by atoms with Crippen molar-refractivity contribution in [3.8, 4) is 0 Å². The van der Waals surface area contributed by atoms with Gasteiger partial charge in [-0.25, -0.2) is 0 Å². The third kappa shape index (κ3) is 3.39.